The number of aromatic nitrogens is 2. The molecular formula is C110H149N21O16S2. The van der Waals surface area contributed by atoms with Crippen molar-refractivity contribution in [1.82, 2.24) is 68.0 Å². The predicted octanol–water partition coefficient (Wildman–Crippen LogP) is 8.87. The van der Waals surface area contributed by atoms with Crippen molar-refractivity contribution < 1.29 is 77.0 Å². The molecule has 0 radical (unpaired) electrons. The maximum absolute atomic E-state index is 14.9. The number of thioether (sulfide) groups is 1. The molecule has 0 bridgehead atoms. The summed E-state index contributed by atoms with van der Waals surface area (Å²) >= 11 is 5.82. The molecule has 0 saturated heterocycles. The predicted molar refractivity (Wildman–Crippen MR) is 581 cm³/mol. The van der Waals surface area contributed by atoms with Crippen molar-refractivity contribution in [2.45, 2.75) is 231 Å². The number of carbonyl (C=O) groups is 15. The van der Waals surface area contributed by atoms with E-state index >= 15 is 0 Å². The molecule has 23 N–H and O–H groups in total. The Labute approximate surface area is 882 Å². The summed E-state index contributed by atoms with van der Waals surface area (Å²) in [6.07, 6.45) is 10.3. The summed E-state index contributed by atoms with van der Waals surface area (Å²) in [5.41, 5.74) is 30.0. The van der Waals surface area contributed by atoms with Gasteiger partial charge in [0.2, 0.25) is 41.4 Å². The van der Waals surface area contributed by atoms with Gasteiger partial charge in [0.15, 0.2) is 52.6 Å². The topological polar surface area (TPSA) is 613 Å². The summed E-state index contributed by atoms with van der Waals surface area (Å²) in [6.45, 7) is 6.40. The monoisotopic (exact) mass is 2080 g/mol. The molecule has 7 rings (SSSR count). The molecule has 0 aliphatic carbocycles. The molecule has 802 valence electrons. The van der Waals surface area contributed by atoms with Crippen molar-refractivity contribution in [2.75, 3.05) is 62.3 Å². The van der Waals surface area contributed by atoms with Crippen molar-refractivity contribution in [3.05, 3.63) is 233 Å². The number of thiol groups is 1. The number of benzene rings is 5. The Kier molecular flexibility index (Phi) is 55.3. The van der Waals surface area contributed by atoms with Gasteiger partial charge in [0.05, 0.1) is 54.7 Å². The van der Waals surface area contributed by atoms with E-state index in [4.69, 9.17) is 39.2 Å². The van der Waals surface area contributed by atoms with Crippen LogP contribution in [-0.4, -0.2) is 219 Å². The first-order valence-corrected chi connectivity index (χ1v) is 52.9. The van der Waals surface area contributed by atoms with E-state index in [2.05, 4.69) is 81.1 Å². The number of aryl methyl sites for hydroxylation is 1. The van der Waals surface area contributed by atoms with Gasteiger partial charge in [-0.1, -0.05) is 172 Å². The van der Waals surface area contributed by atoms with E-state index in [1.807, 2.05) is 103 Å². The molecule has 5 aromatic carbocycles. The van der Waals surface area contributed by atoms with Gasteiger partial charge in [-0.15, -0.1) is 0 Å². The van der Waals surface area contributed by atoms with Crippen LogP contribution >= 0.6 is 24.4 Å². The van der Waals surface area contributed by atoms with Crippen LogP contribution in [0.5, 0.6) is 0 Å². The standard InChI is InChI=1S/C110H149N21O16S2/c1-72(2)87(106(145)129-92(107(146)147)62-77-26-11-8-12-27-77)66-98(137)90(52-59-149-4)128-105(144)82(60-76-24-9-7-10-25-76)65-97(136)91(61-78-38-36-73(3)37-39-78)126-100(139)51-50-86(132)67-123-102(141)80(28-15-18-53-111)63-96(135)89(33-23-58-122-110(116)117)127-104(143)81(29-21-56-120-108(112)113)64-95(134)88(32-22-57-121-109(114)115)125-99(138)35-14-6-5-13-34-94(133)93(71-148)130-103(142)79-46-42-74(43-47-79)40-41-75-44-48-83(49-45-75)124-101(140)70-131(68-84-30-16-19-54-118-84)69-85-31-17-20-55-119-85/h7-12,16-17,19-20,24-27,30-31,36-49,54-55,72,80-82,87-93,148H,5-6,13-15,18,21-23,28-29,32-35,50-53,56-71,111H2,1-4H3,(H,123,141)(H,124,140)(H,125,138)(H,126,139)(H,127,143)(H,128,144)(H,129,145)(H,130,142)(H,146,147)(H4,112,113,120)(H4,114,115,121)(H4,116,117,122)/b41-40+/t80-,81+,82-,87+,88+,89+,90+,91+,92+,93+/m1/s1. The minimum absolute atomic E-state index is 0.00166. The highest BCUT2D eigenvalue weighted by molar-refractivity contribution is 7.98. The Hall–Kier alpha value is -14.2. The number of aliphatic carboxylic acids is 1. The number of hydrogen-bond acceptors (Lipinski definition) is 24. The molecule has 2 heterocycles. The minimum Gasteiger partial charge on any atom is -0.480 e. The number of carboxylic acids is 1. The molecule has 2 aromatic heterocycles. The summed E-state index contributed by atoms with van der Waals surface area (Å²) in [4.78, 5) is 222. The van der Waals surface area contributed by atoms with Gasteiger partial charge in [-0.05, 0) is 191 Å². The number of nitrogens with two attached hydrogens (primary N) is 4. The lowest BCUT2D eigenvalue weighted by atomic mass is 9.86. The number of amides is 8. The fourth-order valence-electron chi connectivity index (χ4n) is 16.8. The molecule has 0 saturated carbocycles. The smallest absolute Gasteiger partial charge is 0.326 e. The zero-order chi connectivity index (χ0) is 108. The van der Waals surface area contributed by atoms with Crippen molar-refractivity contribution >= 4 is 148 Å². The number of hydrogen-bond donors (Lipinski definition) is 20. The molecular weight excluding hydrogens is 1940 g/mol. The maximum Gasteiger partial charge on any atom is 0.326 e. The number of carbonyl (C=O) groups excluding carboxylic acids is 14. The fraction of sp³-hybridized carbons (Fsp3) is 0.455. The number of Topliss-reactive ketones (excluding diaryl/α,β-unsaturated/α-hetero) is 6. The van der Waals surface area contributed by atoms with Crippen LogP contribution in [0.25, 0.3) is 12.2 Å². The first kappa shape index (κ1) is 122. The summed E-state index contributed by atoms with van der Waals surface area (Å²) in [7, 11) is 0. The van der Waals surface area contributed by atoms with Crippen LogP contribution in [0.3, 0.4) is 0 Å². The third-order valence-corrected chi connectivity index (χ3v) is 26.3. The Morgan fingerprint density at radius 3 is 1.42 bits per heavy atom. The number of guanidine groups is 3. The average molecular weight is 2090 g/mol. The van der Waals surface area contributed by atoms with Gasteiger partial charge < -0.3 is 86.5 Å². The van der Waals surface area contributed by atoms with Gasteiger partial charge in [0.25, 0.3) is 5.91 Å². The lowest BCUT2D eigenvalue weighted by Crippen LogP contribution is -2.49. The number of anilines is 1. The van der Waals surface area contributed by atoms with E-state index < -0.39 is 181 Å². The van der Waals surface area contributed by atoms with Crippen LogP contribution < -0.4 is 81.4 Å². The molecule has 39 heteroatoms. The van der Waals surface area contributed by atoms with Gasteiger partial charge >= 0.3 is 5.97 Å². The zero-order valence-corrected chi connectivity index (χ0v) is 87.4. The lowest BCUT2D eigenvalue weighted by molar-refractivity contribution is -0.143. The van der Waals surface area contributed by atoms with Gasteiger partial charge in [-0.3, -0.25) is 98.2 Å². The molecule has 0 unspecified atom stereocenters. The second kappa shape index (κ2) is 67.6. The zero-order valence-electron chi connectivity index (χ0n) is 85.7. The fourth-order valence-corrected chi connectivity index (χ4v) is 17.6. The first-order chi connectivity index (χ1) is 71.5. The first-order valence-electron chi connectivity index (χ1n) is 50.9. The number of carboxylic acid groups (broad SMARTS) is 1. The van der Waals surface area contributed by atoms with Crippen molar-refractivity contribution in [3.63, 3.8) is 0 Å². The van der Waals surface area contributed by atoms with Crippen molar-refractivity contribution in [2.24, 2.45) is 52.5 Å². The van der Waals surface area contributed by atoms with Gasteiger partial charge in [-0.25, -0.2) is 4.79 Å². The van der Waals surface area contributed by atoms with Crippen molar-refractivity contribution in [1.29, 1.82) is 16.2 Å². The number of rotatable bonds is 73. The van der Waals surface area contributed by atoms with Crippen LogP contribution in [0, 0.1) is 52.7 Å². The number of pyridine rings is 2. The van der Waals surface area contributed by atoms with E-state index in [1.54, 1.807) is 123 Å². The van der Waals surface area contributed by atoms with E-state index in [1.165, 1.54) is 11.8 Å². The van der Waals surface area contributed by atoms with E-state index in [0.29, 0.717) is 85.3 Å². The van der Waals surface area contributed by atoms with E-state index in [0.717, 1.165) is 28.1 Å². The summed E-state index contributed by atoms with van der Waals surface area (Å²) in [6, 6.07) is 43.6. The van der Waals surface area contributed by atoms with Gasteiger partial charge in [-0.2, -0.15) is 24.4 Å². The SMILES string of the molecule is CSCC[C@H](NC(=O)[C@@H](CC(=O)[C@H](Cc1ccc(C)cc1)NC(=O)CCC(=O)CNC(=O)[C@H](CCCCN)CC(=O)[C@H](CCCNC(=N)N)NC(=O)[C@@H](CCCNC(=N)N)CC(=O)[C@H](CCCNC(=N)N)NC(=O)CCCCCCC(=O)[C@H](CS)NC(=O)c1ccc(/C=C/c2ccc(NC(=O)CN(Cc3ccccn3)Cc3ccccn3)cc2)cc1)Cc1ccccc1)C(=O)C[C@H](C(=O)N[C@@H](Cc1ccccc1)C(=O)O)C(C)C. The number of unbranched alkanes of at least 4 members (excludes halogenated alkanes) is 4. The average Bonchev–Trinajstić information content (AvgIpc) is 0.856. The number of nitrogens with one attached hydrogen (secondary N) is 14. The molecule has 0 aliphatic rings. The molecule has 7 aromatic rings. The Morgan fingerprint density at radius 1 is 0.430 bits per heavy atom. The molecule has 0 aliphatic heterocycles. The Balaban J connectivity index is 0.933. The molecule has 0 fully saturated rings. The molecule has 10 atom stereocenters. The Morgan fingerprint density at radius 2 is 0.893 bits per heavy atom. The second-order valence-corrected chi connectivity index (χ2v) is 39.1. The van der Waals surface area contributed by atoms with Crippen LogP contribution in [0.2, 0.25) is 0 Å². The summed E-state index contributed by atoms with van der Waals surface area (Å²) in [5, 5.41) is 63.9. The van der Waals surface area contributed by atoms with Gasteiger partial charge in [0, 0.05) is 144 Å². The lowest BCUT2D eigenvalue weighted by Gasteiger charge is -2.26. The maximum atomic E-state index is 14.9. The summed E-state index contributed by atoms with van der Waals surface area (Å²) < 4.78 is 0. The van der Waals surface area contributed by atoms with Crippen LogP contribution in [0.15, 0.2) is 182 Å². The summed E-state index contributed by atoms with van der Waals surface area (Å²) in [5.74, 6) is -14.0. The van der Waals surface area contributed by atoms with Crippen LogP contribution in [-0.2, 0) is 99.5 Å². The molecule has 37 nitrogen and oxygen atoms in total. The Bertz CT molecular complexity index is 5480. The quantitative estimate of drug-likeness (QED) is 0.00556. The van der Waals surface area contributed by atoms with E-state index in [9.17, 15) is 77.0 Å². The number of ketones is 6. The van der Waals surface area contributed by atoms with Crippen LogP contribution in [0.4, 0.5) is 5.69 Å². The third-order valence-electron chi connectivity index (χ3n) is 25.3. The highest BCUT2D eigenvalue weighted by Crippen LogP contribution is 2.26. The third kappa shape index (κ3) is 48.1. The molecule has 0 spiro atoms. The van der Waals surface area contributed by atoms with Crippen LogP contribution in [0.1, 0.15) is 210 Å². The van der Waals surface area contributed by atoms with Gasteiger partial charge in [0.1, 0.15) is 6.04 Å². The van der Waals surface area contributed by atoms with Crippen molar-refractivity contribution in [3.8, 4) is 0 Å². The molecule has 149 heavy (non-hydrogen) atoms. The minimum atomic E-state index is -1.30. The second-order valence-electron chi connectivity index (χ2n) is 37.7. The largest absolute Gasteiger partial charge is 0.480 e. The van der Waals surface area contributed by atoms with E-state index in [-0.39, 0.29) is 158 Å². The normalized spacial score (nSPS) is 13.2. The number of nitrogens with zero attached hydrogens (tertiary/aromatic N) is 3. The highest BCUT2D eigenvalue weighted by Gasteiger charge is 2.38. The molecule has 8 amide bonds. The highest BCUT2D eigenvalue weighted by atomic mass is 32.2.